The van der Waals surface area contributed by atoms with Crippen LogP contribution in [0.15, 0.2) is 66.7 Å². The van der Waals surface area contributed by atoms with Crippen molar-refractivity contribution in [1.29, 1.82) is 0 Å². The van der Waals surface area contributed by atoms with E-state index in [1.165, 1.54) is 4.31 Å². The summed E-state index contributed by atoms with van der Waals surface area (Å²) >= 11 is 5.92. The SMILES string of the molecule is COc1ccc([C@@H](C)NC(=O)c2ccc(N(Cc3ccc(Cl)cc3)S(C)(=O)=O)cc2)cc1OC. The van der Waals surface area contributed by atoms with Crippen LogP contribution in [0, 0.1) is 0 Å². The Balaban J connectivity index is 1.75. The van der Waals surface area contributed by atoms with Crippen molar-refractivity contribution in [1.82, 2.24) is 5.32 Å². The van der Waals surface area contributed by atoms with Crippen molar-refractivity contribution in [3.63, 3.8) is 0 Å². The highest BCUT2D eigenvalue weighted by molar-refractivity contribution is 7.92. The van der Waals surface area contributed by atoms with E-state index in [1.54, 1.807) is 68.8 Å². The molecule has 0 bridgehead atoms. The molecule has 0 aliphatic heterocycles. The van der Waals surface area contributed by atoms with E-state index in [4.69, 9.17) is 21.1 Å². The van der Waals surface area contributed by atoms with Crippen molar-refractivity contribution in [2.45, 2.75) is 19.5 Å². The second kappa shape index (κ2) is 10.8. The van der Waals surface area contributed by atoms with E-state index in [2.05, 4.69) is 5.32 Å². The van der Waals surface area contributed by atoms with E-state index >= 15 is 0 Å². The molecule has 9 heteroatoms. The van der Waals surface area contributed by atoms with E-state index in [9.17, 15) is 13.2 Å². The van der Waals surface area contributed by atoms with Gasteiger partial charge in [-0.25, -0.2) is 8.42 Å². The predicted octanol–water partition coefficient (Wildman–Crippen LogP) is 4.81. The molecule has 0 aliphatic rings. The summed E-state index contributed by atoms with van der Waals surface area (Å²) in [5.41, 5.74) is 2.52. The van der Waals surface area contributed by atoms with Crippen molar-refractivity contribution < 1.29 is 22.7 Å². The molecule has 7 nitrogen and oxygen atoms in total. The Hall–Kier alpha value is -3.23. The van der Waals surface area contributed by atoms with Gasteiger partial charge in [-0.1, -0.05) is 29.8 Å². The summed E-state index contributed by atoms with van der Waals surface area (Å²) in [5.74, 6) is 0.902. The van der Waals surface area contributed by atoms with Crippen molar-refractivity contribution in [2.75, 3.05) is 24.8 Å². The van der Waals surface area contributed by atoms with E-state index in [-0.39, 0.29) is 18.5 Å². The fourth-order valence-electron chi connectivity index (χ4n) is 3.42. The molecule has 0 saturated heterocycles. The average Bonchev–Trinajstić information content (AvgIpc) is 2.82. The summed E-state index contributed by atoms with van der Waals surface area (Å²) in [5, 5.41) is 3.52. The van der Waals surface area contributed by atoms with E-state index in [0.717, 1.165) is 17.4 Å². The van der Waals surface area contributed by atoms with Gasteiger partial charge in [-0.3, -0.25) is 9.10 Å². The number of nitrogens with zero attached hydrogens (tertiary/aromatic N) is 1. The minimum atomic E-state index is -3.55. The highest BCUT2D eigenvalue weighted by Crippen LogP contribution is 2.30. The molecule has 3 aromatic rings. The molecule has 1 atom stereocenters. The monoisotopic (exact) mass is 502 g/mol. The lowest BCUT2D eigenvalue weighted by molar-refractivity contribution is 0.0940. The lowest BCUT2D eigenvalue weighted by Gasteiger charge is -2.23. The minimum absolute atomic E-state index is 0.151. The molecule has 180 valence electrons. The molecule has 0 heterocycles. The van der Waals surface area contributed by atoms with Gasteiger partial charge in [0.05, 0.1) is 38.7 Å². The number of carbonyl (C=O) groups excluding carboxylic acids is 1. The normalized spacial score (nSPS) is 12.0. The van der Waals surface area contributed by atoms with Gasteiger partial charge in [0.2, 0.25) is 10.0 Å². The summed E-state index contributed by atoms with van der Waals surface area (Å²) in [6, 6.07) is 18.6. The van der Waals surface area contributed by atoms with Gasteiger partial charge in [0, 0.05) is 10.6 Å². The number of methoxy groups -OCH3 is 2. The maximum Gasteiger partial charge on any atom is 0.251 e. The highest BCUT2D eigenvalue weighted by atomic mass is 35.5. The largest absolute Gasteiger partial charge is 0.493 e. The number of benzene rings is 3. The van der Waals surface area contributed by atoms with Gasteiger partial charge >= 0.3 is 0 Å². The Morgan fingerprint density at radius 3 is 2.15 bits per heavy atom. The predicted molar refractivity (Wildman–Crippen MR) is 134 cm³/mol. The van der Waals surface area contributed by atoms with Gasteiger partial charge in [-0.15, -0.1) is 0 Å². The van der Waals surface area contributed by atoms with Crippen LogP contribution in [-0.2, 0) is 16.6 Å². The van der Waals surface area contributed by atoms with Crippen LogP contribution < -0.4 is 19.1 Å². The Morgan fingerprint density at radius 2 is 1.59 bits per heavy atom. The zero-order valence-electron chi connectivity index (χ0n) is 19.4. The first-order chi connectivity index (χ1) is 16.1. The maximum atomic E-state index is 12.8. The van der Waals surface area contributed by atoms with Gasteiger partial charge in [-0.2, -0.15) is 0 Å². The number of amides is 1. The van der Waals surface area contributed by atoms with E-state index in [0.29, 0.717) is 27.8 Å². The molecule has 0 spiro atoms. The summed E-state index contributed by atoms with van der Waals surface area (Å²) in [4.78, 5) is 12.8. The molecule has 0 fully saturated rings. The quantitative estimate of drug-likeness (QED) is 0.453. The number of anilines is 1. The van der Waals surface area contributed by atoms with Crippen LogP contribution in [0.4, 0.5) is 5.69 Å². The second-order valence-corrected chi connectivity index (χ2v) is 10.1. The summed E-state index contributed by atoms with van der Waals surface area (Å²) in [7, 11) is -0.432. The topological polar surface area (TPSA) is 84.9 Å². The molecule has 0 unspecified atom stereocenters. The molecule has 3 rings (SSSR count). The fraction of sp³-hybridized carbons (Fsp3) is 0.240. The Kier molecular flexibility index (Phi) is 8.06. The first-order valence-corrected chi connectivity index (χ1v) is 12.7. The van der Waals surface area contributed by atoms with Gasteiger partial charge in [0.1, 0.15) is 0 Å². The Labute approximate surface area is 205 Å². The first kappa shape index (κ1) is 25.4. The minimum Gasteiger partial charge on any atom is -0.493 e. The average molecular weight is 503 g/mol. The van der Waals surface area contributed by atoms with Crippen LogP contribution in [0.3, 0.4) is 0 Å². The van der Waals surface area contributed by atoms with Crippen LogP contribution in [0.2, 0.25) is 5.02 Å². The van der Waals surface area contributed by atoms with Crippen LogP contribution in [-0.4, -0.2) is 34.8 Å². The highest BCUT2D eigenvalue weighted by Gasteiger charge is 2.19. The summed E-state index contributed by atoms with van der Waals surface area (Å²) in [6.07, 6.45) is 1.15. The van der Waals surface area contributed by atoms with Crippen molar-refractivity contribution in [3.05, 3.63) is 88.4 Å². The summed E-state index contributed by atoms with van der Waals surface area (Å²) < 4.78 is 36.7. The van der Waals surface area contributed by atoms with Crippen LogP contribution >= 0.6 is 11.6 Å². The van der Waals surface area contributed by atoms with Gasteiger partial charge < -0.3 is 14.8 Å². The Morgan fingerprint density at radius 1 is 0.971 bits per heavy atom. The molecular formula is C25H27ClN2O5S. The lowest BCUT2D eigenvalue weighted by Crippen LogP contribution is -2.29. The third kappa shape index (κ3) is 6.21. The molecule has 0 saturated carbocycles. The first-order valence-electron chi connectivity index (χ1n) is 10.5. The zero-order valence-corrected chi connectivity index (χ0v) is 21.0. The molecule has 0 aromatic heterocycles. The molecule has 0 radical (unpaired) electrons. The van der Waals surface area contributed by atoms with Crippen LogP contribution in [0.5, 0.6) is 11.5 Å². The number of hydrogen-bond acceptors (Lipinski definition) is 5. The standard InChI is InChI=1S/C25H27ClN2O5S/c1-17(20-9-14-23(32-2)24(15-20)33-3)27-25(29)19-7-12-22(13-8-19)28(34(4,30)31)16-18-5-10-21(26)11-6-18/h5-15,17H,16H2,1-4H3,(H,27,29)/t17-/m1/s1. The number of nitrogens with one attached hydrogen (secondary N) is 1. The molecule has 1 amide bonds. The molecule has 0 aliphatic carbocycles. The summed E-state index contributed by atoms with van der Waals surface area (Å²) in [6.45, 7) is 2.02. The van der Waals surface area contributed by atoms with Gasteiger partial charge in [-0.05, 0) is 66.6 Å². The second-order valence-electron chi connectivity index (χ2n) is 7.75. The lowest BCUT2D eigenvalue weighted by atomic mass is 10.1. The molecular weight excluding hydrogens is 476 g/mol. The third-order valence-electron chi connectivity index (χ3n) is 5.31. The number of rotatable bonds is 9. The molecule has 34 heavy (non-hydrogen) atoms. The van der Waals surface area contributed by atoms with Crippen molar-refractivity contribution in [3.8, 4) is 11.5 Å². The van der Waals surface area contributed by atoms with Crippen LogP contribution in [0.1, 0.15) is 34.5 Å². The van der Waals surface area contributed by atoms with Gasteiger partial charge in [0.15, 0.2) is 11.5 Å². The van der Waals surface area contributed by atoms with E-state index < -0.39 is 10.0 Å². The maximum absolute atomic E-state index is 12.8. The van der Waals surface area contributed by atoms with Crippen LogP contribution in [0.25, 0.3) is 0 Å². The van der Waals surface area contributed by atoms with Crippen molar-refractivity contribution in [2.24, 2.45) is 0 Å². The smallest absolute Gasteiger partial charge is 0.251 e. The number of sulfonamides is 1. The van der Waals surface area contributed by atoms with Gasteiger partial charge in [0.25, 0.3) is 5.91 Å². The molecule has 3 aromatic carbocycles. The number of hydrogen-bond donors (Lipinski definition) is 1. The fourth-order valence-corrected chi connectivity index (χ4v) is 4.43. The molecule has 1 N–H and O–H groups in total. The number of carbonyl (C=O) groups is 1. The van der Waals surface area contributed by atoms with E-state index in [1.807, 2.05) is 19.1 Å². The zero-order chi connectivity index (χ0) is 24.9. The Bertz CT molecular complexity index is 1250. The third-order valence-corrected chi connectivity index (χ3v) is 6.71. The van der Waals surface area contributed by atoms with Crippen molar-refractivity contribution >= 4 is 33.2 Å². The number of ether oxygens (including phenoxy) is 2. The number of halogens is 1.